The zero-order chi connectivity index (χ0) is 14.8. The molecule has 0 aliphatic rings. The number of carbonyl (C=O) groups excluding carboxylic acids is 1. The van der Waals surface area contributed by atoms with Crippen molar-refractivity contribution in [3.63, 3.8) is 0 Å². The standard InChI is InChI=1S/C15H15N5O/c1-3-13-15(14(21)4-2)18-19-20(13)10-5-6-11-12(9-10)17-8-7-16-11/h5-9H,3-4H2,1-2H3. The highest BCUT2D eigenvalue weighted by molar-refractivity contribution is 5.95. The fourth-order valence-corrected chi connectivity index (χ4v) is 2.29. The molecule has 1 aromatic carbocycles. The Balaban J connectivity index is 2.14. The maximum Gasteiger partial charge on any atom is 0.184 e. The molecule has 0 amide bonds. The summed E-state index contributed by atoms with van der Waals surface area (Å²) in [5.41, 5.74) is 3.73. The normalized spacial score (nSPS) is 11.0. The molecular weight excluding hydrogens is 266 g/mol. The van der Waals surface area contributed by atoms with Crippen molar-refractivity contribution in [3.05, 3.63) is 42.0 Å². The molecule has 2 heterocycles. The van der Waals surface area contributed by atoms with Crippen molar-refractivity contribution in [1.29, 1.82) is 0 Å². The van der Waals surface area contributed by atoms with Crippen LogP contribution in [0.1, 0.15) is 36.5 Å². The van der Waals surface area contributed by atoms with E-state index in [1.54, 1.807) is 17.1 Å². The van der Waals surface area contributed by atoms with Crippen molar-refractivity contribution in [3.8, 4) is 5.69 Å². The monoisotopic (exact) mass is 281 g/mol. The third kappa shape index (κ3) is 2.29. The van der Waals surface area contributed by atoms with Crippen LogP contribution in [0.15, 0.2) is 30.6 Å². The minimum atomic E-state index is 0.0127. The number of Topliss-reactive ketones (excluding diaryl/α,β-unsaturated/α-hetero) is 1. The summed E-state index contributed by atoms with van der Waals surface area (Å²) in [4.78, 5) is 20.4. The summed E-state index contributed by atoms with van der Waals surface area (Å²) in [6, 6.07) is 5.70. The second kappa shape index (κ2) is 5.40. The van der Waals surface area contributed by atoms with Crippen LogP contribution >= 0.6 is 0 Å². The lowest BCUT2D eigenvalue weighted by atomic mass is 10.1. The van der Waals surface area contributed by atoms with E-state index in [1.807, 2.05) is 32.0 Å². The van der Waals surface area contributed by atoms with Crippen molar-refractivity contribution in [2.24, 2.45) is 0 Å². The van der Waals surface area contributed by atoms with E-state index in [-0.39, 0.29) is 5.78 Å². The highest BCUT2D eigenvalue weighted by atomic mass is 16.1. The van der Waals surface area contributed by atoms with Gasteiger partial charge in [-0.15, -0.1) is 5.10 Å². The summed E-state index contributed by atoms with van der Waals surface area (Å²) in [5.74, 6) is 0.0127. The quantitative estimate of drug-likeness (QED) is 0.686. The largest absolute Gasteiger partial charge is 0.292 e. The molecule has 0 saturated heterocycles. The van der Waals surface area contributed by atoms with E-state index in [1.165, 1.54) is 0 Å². The van der Waals surface area contributed by atoms with Gasteiger partial charge >= 0.3 is 0 Å². The summed E-state index contributed by atoms with van der Waals surface area (Å²) in [6.45, 7) is 3.81. The predicted octanol–water partition coefficient (Wildman–Crippen LogP) is 2.37. The number of ketones is 1. The summed E-state index contributed by atoms with van der Waals surface area (Å²) < 4.78 is 1.71. The van der Waals surface area contributed by atoms with Gasteiger partial charge in [-0.1, -0.05) is 19.1 Å². The van der Waals surface area contributed by atoms with Crippen LogP contribution in [0.2, 0.25) is 0 Å². The first kappa shape index (κ1) is 13.4. The van der Waals surface area contributed by atoms with E-state index in [9.17, 15) is 4.79 Å². The molecule has 6 heteroatoms. The van der Waals surface area contributed by atoms with E-state index in [4.69, 9.17) is 0 Å². The Morgan fingerprint density at radius 2 is 1.90 bits per heavy atom. The number of hydrogen-bond donors (Lipinski definition) is 0. The number of rotatable bonds is 4. The highest BCUT2D eigenvalue weighted by Gasteiger charge is 2.18. The van der Waals surface area contributed by atoms with E-state index < -0.39 is 0 Å². The first-order valence-electron chi connectivity index (χ1n) is 6.93. The number of fused-ring (bicyclic) bond motifs is 1. The van der Waals surface area contributed by atoms with Gasteiger partial charge in [0.15, 0.2) is 11.5 Å². The average Bonchev–Trinajstić information content (AvgIpc) is 2.97. The van der Waals surface area contributed by atoms with Gasteiger partial charge in [0.25, 0.3) is 0 Å². The Labute approximate surface area is 121 Å². The Kier molecular flexibility index (Phi) is 3.43. The molecule has 106 valence electrons. The fraction of sp³-hybridized carbons (Fsp3) is 0.267. The molecular formula is C15H15N5O. The van der Waals surface area contributed by atoms with Crippen LogP contribution in [0.3, 0.4) is 0 Å². The van der Waals surface area contributed by atoms with Crippen LogP contribution in [0, 0.1) is 0 Å². The summed E-state index contributed by atoms with van der Waals surface area (Å²) in [6.07, 6.45) is 4.43. The fourth-order valence-electron chi connectivity index (χ4n) is 2.29. The summed E-state index contributed by atoms with van der Waals surface area (Å²) in [5, 5.41) is 8.17. The third-order valence-corrected chi connectivity index (χ3v) is 3.38. The molecule has 0 spiro atoms. The number of hydrogen-bond acceptors (Lipinski definition) is 5. The van der Waals surface area contributed by atoms with Gasteiger partial charge in [-0.3, -0.25) is 14.8 Å². The second-order valence-electron chi connectivity index (χ2n) is 4.66. The van der Waals surface area contributed by atoms with Crippen LogP contribution in [0.25, 0.3) is 16.7 Å². The lowest BCUT2D eigenvalue weighted by Crippen LogP contribution is -2.06. The molecule has 0 N–H and O–H groups in total. The SMILES string of the molecule is CCC(=O)c1nnn(-c2ccc3nccnc3c2)c1CC. The van der Waals surface area contributed by atoms with Crippen molar-refractivity contribution >= 4 is 16.8 Å². The number of nitrogens with zero attached hydrogens (tertiary/aromatic N) is 5. The Morgan fingerprint density at radius 1 is 1.14 bits per heavy atom. The molecule has 0 radical (unpaired) electrons. The first-order chi connectivity index (χ1) is 10.2. The maximum atomic E-state index is 11.9. The molecule has 0 aliphatic heterocycles. The molecule has 0 fully saturated rings. The van der Waals surface area contributed by atoms with Crippen molar-refractivity contribution < 1.29 is 4.79 Å². The molecule has 0 bridgehead atoms. The van der Waals surface area contributed by atoms with Gasteiger partial charge < -0.3 is 0 Å². The summed E-state index contributed by atoms with van der Waals surface area (Å²) >= 11 is 0. The Bertz CT molecular complexity index is 809. The average molecular weight is 281 g/mol. The van der Waals surface area contributed by atoms with Gasteiger partial charge in [0, 0.05) is 18.8 Å². The maximum absolute atomic E-state index is 11.9. The van der Waals surface area contributed by atoms with Crippen LogP contribution in [0.4, 0.5) is 0 Å². The van der Waals surface area contributed by atoms with E-state index in [0.29, 0.717) is 18.5 Å². The Morgan fingerprint density at radius 3 is 2.62 bits per heavy atom. The minimum absolute atomic E-state index is 0.0127. The molecule has 3 rings (SSSR count). The third-order valence-electron chi connectivity index (χ3n) is 3.38. The Hall–Kier alpha value is -2.63. The van der Waals surface area contributed by atoms with Crippen molar-refractivity contribution in [1.82, 2.24) is 25.0 Å². The van der Waals surface area contributed by atoms with Crippen LogP contribution in [-0.2, 0) is 6.42 Å². The predicted molar refractivity (Wildman–Crippen MR) is 78.5 cm³/mol. The zero-order valence-electron chi connectivity index (χ0n) is 11.9. The number of aromatic nitrogens is 5. The van der Waals surface area contributed by atoms with Crippen molar-refractivity contribution in [2.45, 2.75) is 26.7 Å². The highest BCUT2D eigenvalue weighted by Crippen LogP contribution is 2.18. The lowest BCUT2D eigenvalue weighted by Gasteiger charge is -2.06. The van der Waals surface area contributed by atoms with Gasteiger partial charge in [-0.25, -0.2) is 4.68 Å². The molecule has 0 unspecified atom stereocenters. The van der Waals surface area contributed by atoms with Crippen LogP contribution < -0.4 is 0 Å². The van der Waals surface area contributed by atoms with Gasteiger partial charge in [-0.05, 0) is 24.6 Å². The van der Waals surface area contributed by atoms with Crippen molar-refractivity contribution in [2.75, 3.05) is 0 Å². The second-order valence-corrected chi connectivity index (χ2v) is 4.66. The van der Waals surface area contributed by atoms with E-state index in [0.717, 1.165) is 22.4 Å². The molecule has 6 nitrogen and oxygen atoms in total. The molecule has 2 aromatic heterocycles. The topological polar surface area (TPSA) is 73.6 Å². The molecule has 0 aliphatic carbocycles. The molecule has 0 atom stereocenters. The first-order valence-corrected chi connectivity index (χ1v) is 6.93. The van der Waals surface area contributed by atoms with E-state index in [2.05, 4.69) is 20.3 Å². The molecule has 0 saturated carbocycles. The summed E-state index contributed by atoms with van der Waals surface area (Å²) in [7, 11) is 0. The van der Waals surface area contributed by atoms with Gasteiger partial charge in [0.2, 0.25) is 0 Å². The molecule has 21 heavy (non-hydrogen) atoms. The van der Waals surface area contributed by atoms with Crippen LogP contribution in [0.5, 0.6) is 0 Å². The number of carbonyl (C=O) groups is 1. The van der Waals surface area contributed by atoms with Gasteiger partial charge in [-0.2, -0.15) is 0 Å². The minimum Gasteiger partial charge on any atom is -0.292 e. The number of benzene rings is 1. The lowest BCUT2D eigenvalue weighted by molar-refractivity contribution is 0.0982. The van der Waals surface area contributed by atoms with E-state index >= 15 is 0 Å². The van der Waals surface area contributed by atoms with Gasteiger partial charge in [0.1, 0.15) is 0 Å². The zero-order valence-corrected chi connectivity index (χ0v) is 11.9. The van der Waals surface area contributed by atoms with Crippen LogP contribution in [-0.4, -0.2) is 30.7 Å². The smallest absolute Gasteiger partial charge is 0.184 e. The molecule has 3 aromatic rings. The van der Waals surface area contributed by atoms with Gasteiger partial charge in [0.05, 0.1) is 22.4 Å².